The Labute approximate surface area is 151 Å². The summed E-state index contributed by atoms with van der Waals surface area (Å²) in [6, 6.07) is 12.8. The number of rotatable bonds is 7. The van der Waals surface area contributed by atoms with Gasteiger partial charge < -0.3 is 14.9 Å². The third-order valence-corrected chi connectivity index (χ3v) is 4.29. The molecule has 3 rings (SSSR count). The fourth-order valence-electron chi connectivity index (χ4n) is 2.87. The molecule has 1 aromatic carbocycles. The quantitative estimate of drug-likeness (QED) is 0.687. The first kappa shape index (κ1) is 17.7. The zero-order valence-corrected chi connectivity index (χ0v) is 14.7. The molecule has 0 aliphatic heterocycles. The van der Waals surface area contributed by atoms with E-state index in [0.717, 1.165) is 24.2 Å². The van der Waals surface area contributed by atoms with Gasteiger partial charge in [0, 0.05) is 36.3 Å². The molecule has 26 heavy (non-hydrogen) atoms. The lowest BCUT2D eigenvalue weighted by Crippen LogP contribution is -2.30. The van der Waals surface area contributed by atoms with Crippen molar-refractivity contribution < 1.29 is 4.79 Å². The van der Waals surface area contributed by atoms with Crippen molar-refractivity contribution in [1.82, 2.24) is 19.9 Å². The third kappa shape index (κ3) is 4.47. The van der Waals surface area contributed by atoms with E-state index in [-0.39, 0.29) is 17.5 Å². The summed E-state index contributed by atoms with van der Waals surface area (Å²) in [7, 11) is 0. The van der Waals surface area contributed by atoms with Crippen molar-refractivity contribution in [2.45, 2.75) is 32.4 Å². The maximum Gasteiger partial charge on any atom is 0.252 e. The Morgan fingerprint density at radius 1 is 1.27 bits per heavy atom. The zero-order valence-electron chi connectivity index (χ0n) is 14.7. The minimum absolute atomic E-state index is 0.157. The fourth-order valence-corrected chi connectivity index (χ4v) is 2.87. The van der Waals surface area contributed by atoms with Gasteiger partial charge in [0.25, 0.3) is 5.91 Å². The third-order valence-electron chi connectivity index (χ3n) is 4.29. The predicted molar refractivity (Wildman–Crippen MR) is 99.9 cm³/mol. The normalized spacial score (nSPS) is 11.9. The summed E-state index contributed by atoms with van der Waals surface area (Å²) in [5, 5.41) is 3.07. The molecule has 0 saturated heterocycles. The molecule has 2 heterocycles. The van der Waals surface area contributed by atoms with Crippen LogP contribution in [0.25, 0.3) is 0 Å². The number of aromatic nitrogens is 3. The SMILES string of the molecule is CCc1cc(C(=O)N[C@@H](CCn2ccnc2)c2ccccc2)cc(=O)[nH]1. The van der Waals surface area contributed by atoms with E-state index in [1.165, 1.54) is 6.07 Å². The number of aromatic amines is 1. The van der Waals surface area contributed by atoms with Crippen LogP contribution < -0.4 is 10.9 Å². The number of aryl methyl sites for hydroxylation is 2. The monoisotopic (exact) mass is 350 g/mol. The van der Waals surface area contributed by atoms with E-state index < -0.39 is 0 Å². The van der Waals surface area contributed by atoms with Crippen molar-refractivity contribution in [2.24, 2.45) is 0 Å². The van der Waals surface area contributed by atoms with Gasteiger partial charge in [0.2, 0.25) is 5.56 Å². The molecule has 3 aromatic rings. The van der Waals surface area contributed by atoms with Gasteiger partial charge in [0.05, 0.1) is 12.4 Å². The standard InChI is InChI=1S/C20H22N4O2/c1-2-17-12-16(13-19(25)22-17)20(26)23-18(15-6-4-3-5-7-15)8-10-24-11-9-21-14-24/h3-7,9,11-14,18H,2,8,10H2,1H3,(H,22,25)(H,23,26)/t18-/m0/s1. The van der Waals surface area contributed by atoms with Crippen LogP contribution in [0, 0.1) is 0 Å². The van der Waals surface area contributed by atoms with E-state index in [4.69, 9.17) is 0 Å². The first-order valence-corrected chi connectivity index (χ1v) is 8.70. The van der Waals surface area contributed by atoms with Crippen LogP contribution in [0.1, 0.15) is 41.0 Å². The van der Waals surface area contributed by atoms with Crippen LogP contribution in [-0.2, 0) is 13.0 Å². The molecular formula is C20H22N4O2. The largest absolute Gasteiger partial charge is 0.345 e. The number of amides is 1. The smallest absolute Gasteiger partial charge is 0.252 e. The van der Waals surface area contributed by atoms with E-state index in [1.807, 2.05) is 48.0 Å². The molecule has 6 nitrogen and oxygen atoms in total. The van der Waals surface area contributed by atoms with E-state index >= 15 is 0 Å². The molecule has 6 heteroatoms. The Morgan fingerprint density at radius 3 is 2.77 bits per heavy atom. The summed E-state index contributed by atoms with van der Waals surface area (Å²) >= 11 is 0. The number of hydrogen-bond donors (Lipinski definition) is 2. The predicted octanol–water partition coefficient (Wildman–Crippen LogP) is 2.70. The summed E-state index contributed by atoms with van der Waals surface area (Å²) in [6.07, 6.45) is 6.77. The summed E-state index contributed by atoms with van der Waals surface area (Å²) in [5.74, 6) is -0.245. The number of H-pyrrole nitrogens is 1. The average Bonchev–Trinajstić information content (AvgIpc) is 3.18. The van der Waals surface area contributed by atoms with Crippen LogP contribution in [0.5, 0.6) is 0 Å². The van der Waals surface area contributed by atoms with Gasteiger partial charge in [-0.25, -0.2) is 4.98 Å². The number of pyridine rings is 1. The van der Waals surface area contributed by atoms with Gasteiger partial charge in [-0.05, 0) is 24.5 Å². The van der Waals surface area contributed by atoms with Gasteiger partial charge in [0.1, 0.15) is 0 Å². The number of benzene rings is 1. The van der Waals surface area contributed by atoms with Crippen molar-refractivity contribution in [1.29, 1.82) is 0 Å². The average molecular weight is 350 g/mol. The van der Waals surface area contributed by atoms with Gasteiger partial charge in [-0.2, -0.15) is 0 Å². The van der Waals surface area contributed by atoms with E-state index in [9.17, 15) is 9.59 Å². The zero-order chi connectivity index (χ0) is 18.4. The number of nitrogens with one attached hydrogen (secondary N) is 2. The van der Waals surface area contributed by atoms with E-state index in [2.05, 4.69) is 15.3 Å². The van der Waals surface area contributed by atoms with Crippen LogP contribution in [-0.4, -0.2) is 20.4 Å². The lowest BCUT2D eigenvalue weighted by atomic mass is 10.0. The van der Waals surface area contributed by atoms with Crippen LogP contribution in [0.4, 0.5) is 0 Å². The molecular weight excluding hydrogens is 328 g/mol. The molecule has 0 radical (unpaired) electrons. The van der Waals surface area contributed by atoms with E-state index in [1.54, 1.807) is 18.6 Å². The number of carbonyl (C=O) groups is 1. The Hall–Kier alpha value is -3.15. The molecule has 134 valence electrons. The van der Waals surface area contributed by atoms with Gasteiger partial charge >= 0.3 is 0 Å². The molecule has 0 fully saturated rings. The van der Waals surface area contributed by atoms with Crippen LogP contribution in [0.15, 0.2) is 66.0 Å². The summed E-state index contributed by atoms with van der Waals surface area (Å²) in [5.41, 5.74) is 1.90. The molecule has 2 aromatic heterocycles. The van der Waals surface area contributed by atoms with Crippen LogP contribution >= 0.6 is 0 Å². The summed E-state index contributed by atoms with van der Waals surface area (Å²) < 4.78 is 1.98. The Kier molecular flexibility index (Phi) is 5.63. The second-order valence-electron chi connectivity index (χ2n) is 6.14. The second-order valence-corrected chi connectivity index (χ2v) is 6.14. The molecule has 0 spiro atoms. The molecule has 1 amide bonds. The first-order chi connectivity index (χ1) is 12.7. The molecule has 0 bridgehead atoms. The van der Waals surface area contributed by atoms with Crippen molar-refractivity contribution in [3.05, 3.63) is 88.4 Å². The minimum Gasteiger partial charge on any atom is -0.345 e. The molecule has 0 aliphatic carbocycles. The Bertz CT molecular complexity index is 901. The van der Waals surface area contributed by atoms with E-state index in [0.29, 0.717) is 12.0 Å². The lowest BCUT2D eigenvalue weighted by molar-refractivity contribution is 0.0933. The highest BCUT2D eigenvalue weighted by Crippen LogP contribution is 2.18. The van der Waals surface area contributed by atoms with Gasteiger partial charge in [-0.3, -0.25) is 9.59 Å². The van der Waals surface area contributed by atoms with Crippen molar-refractivity contribution in [3.8, 4) is 0 Å². The topological polar surface area (TPSA) is 79.8 Å². The maximum absolute atomic E-state index is 12.7. The van der Waals surface area contributed by atoms with Gasteiger partial charge in [-0.1, -0.05) is 37.3 Å². The molecule has 2 N–H and O–H groups in total. The highest BCUT2D eigenvalue weighted by atomic mass is 16.2. The number of hydrogen-bond acceptors (Lipinski definition) is 3. The highest BCUT2D eigenvalue weighted by molar-refractivity contribution is 5.94. The van der Waals surface area contributed by atoms with Gasteiger partial charge in [-0.15, -0.1) is 0 Å². The Morgan fingerprint density at radius 2 is 2.08 bits per heavy atom. The first-order valence-electron chi connectivity index (χ1n) is 8.70. The second kappa shape index (κ2) is 8.29. The lowest BCUT2D eigenvalue weighted by Gasteiger charge is -2.20. The summed E-state index contributed by atoms with van der Waals surface area (Å²) in [6.45, 7) is 2.67. The fraction of sp³-hybridized carbons (Fsp3) is 0.250. The van der Waals surface area contributed by atoms with Crippen LogP contribution in [0.2, 0.25) is 0 Å². The molecule has 0 aliphatic rings. The van der Waals surface area contributed by atoms with Crippen molar-refractivity contribution >= 4 is 5.91 Å². The minimum atomic E-state index is -0.260. The number of nitrogens with zero attached hydrogens (tertiary/aromatic N) is 2. The number of imidazole rings is 1. The summed E-state index contributed by atoms with van der Waals surface area (Å²) in [4.78, 5) is 31.3. The molecule has 1 atom stereocenters. The highest BCUT2D eigenvalue weighted by Gasteiger charge is 2.16. The van der Waals surface area contributed by atoms with Gasteiger partial charge in [0.15, 0.2) is 0 Å². The van der Waals surface area contributed by atoms with Crippen LogP contribution in [0.3, 0.4) is 0 Å². The maximum atomic E-state index is 12.7. The molecule has 0 unspecified atom stereocenters. The number of carbonyl (C=O) groups excluding carboxylic acids is 1. The van der Waals surface area contributed by atoms with Crippen molar-refractivity contribution in [2.75, 3.05) is 0 Å². The van der Waals surface area contributed by atoms with Crippen molar-refractivity contribution in [3.63, 3.8) is 0 Å². The molecule has 0 saturated carbocycles. The Balaban J connectivity index is 1.79.